The van der Waals surface area contributed by atoms with Gasteiger partial charge in [-0.3, -0.25) is 9.69 Å². The Kier molecular flexibility index (Phi) is 6.30. The Balaban J connectivity index is 2.19. The topological polar surface area (TPSA) is 52.6 Å². The predicted octanol–water partition coefficient (Wildman–Crippen LogP) is 0.557. The molecule has 0 aromatic rings. The monoisotopic (exact) mass is 260 g/mol. The molecular weight excluding hydrogens is 236 g/mol. The molecule has 4 nitrogen and oxygen atoms in total. The van der Waals surface area contributed by atoms with Crippen molar-refractivity contribution in [1.29, 1.82) is 0 Å². The molecule has 2 N–H and O–H groups in total. The van der Waals surface area contributed by atoms with Crippen LogP contribution in [0.4, 0.5) is 0 Å². The van der Waals surface area contributed by atoms with Gasteiger partial charge in [0.1, 0.15) is 0 Å². The van der Waals surface area contributed by atoms with Crippen LogP contribution in [-0.2, 0) is 4.79 Å². The van der Waals surface area contributed by atoms with Crippen molar-refractivity contribution >= 4 is 17.7 Å². The Labute approximate surface area is 108 Å². The van der Waals surface area contributed by atoms with Crippen molar-refractivity contribution in [2.75, 3.05) is 31.6 Å². The van der Waals surface area contributed by atoms with Crippen molar-refractivity contribution < 1.29 is 9.90 Å². The number of aliphatic hydroxyl groups excluding tert-OH is 1. The summed E-state index contributed by atoms with van der Waals surface area (Å²) in [4.78, 5) is 13.8. The number of thioether (sulfide) groups is 1. The second kappa shape index (κ2) is 7.24. The average molecular weight is 260 g/mol. The number of carbonyl (C=O) groups is 1. The van der Waals surface area contributed by atoms with Crippen molar-refractivity contribution in [3.8, 4) is 0 Å². The Morgan fingerprint density at radius 3 is 2.82 bits per heavy atom. The van der Waals surface area contributed by atoms with E-state index in [9.17, 15) is 9.90 Å². The fraction of sp³-hybridized carbons (Fsp3) is 0.917. The highest BCUT2D eigenvalue weighted by Gasteiger charge is 2.21. The van der Waals surface area contributed by atoms with E-state index in [1.165, 1.54) is 12.2 Å². The van der Waals surface area contributed by atoms with Crippen molar-refractivity contribution in [3.05, 3.63) is 0 Å². The summed E-state index contributed by atoms with van der Waals surface area (Å²) >= 11 is 1.95. The fourth-order valence-corrected chi connectivity index (χ4v) is 3.03. The first kappa shape index (κ1) is 14.8. The van der Waals surface area contributed by atoms with E-state index in [1.54, 1.807) is 0 Å². The number of rotatable bonds is 6. The SMILES string of the molecule is CC(C)C(O)CNC(=O)CN(C)C1CCSC1. The number of nitrogens with zero attached hydrogens (tertiary/aromatic N) is 1. The molecular formula is C12H24N2O2S. The third kappa shape index (κ3) is 5.27. The third-order valence-corrected chi connectivity index (χ3v) is 4.34. The molecule has 0 aromatic carbocycles. The first-order valence-electron chi connectivity index (χ1n) is 6.23. The van der Waals surface area contributed by atoms with Gasteiger partial charge in [-0.05, 0) is 25.1 Å². The van der Waals surface area contributed by atoms with Crippen LogP contribution >= 0.6 is 11.8 Å². The third-order valence-electron chi connectivity index (χ3n) is 3.20. The molecule has 0 aromatic heterocycles. The van der Waals surface area contributed by atoms with E-state index in [2.05, 4.69) is 10.2 Å². The van der Waals surface area contributed by atoms with Crippen LogP contribution in [-0.4, -0.2) is 59.7 Å². The Bertz CT molecular complexity index is 243. The molecule has 0 spiro atoms. The number of likely N-dealkylation sites (N-methyl/N-ethyl adjacent to an activating group) is 1. The highest BCUT2D eigenvalue weighted by atomic mass is 32.2. The first-order valence-corrected chi connectivity index (χ1v) is 7.39. The summed E-state index contributed by atoms with van der Waals surface area (Å²) in [6.45, 7) is 4.66. The van der Waals surface area contributed by atoms with Crippen LogP contribution in [0.3, 0.4) is 0 Å². The van der Waals surface area contributed by atoms with Crippen molar-refractivity contribution in [2.24, 2.45) is 5.92 Å². The van der Waals surface area contributed by atoms with E-state index in [4.69, 9.17) is 0 Å². The summed E-state index contributed by atoms with van der Waals surface area (Å²) in [5.41, 5.74) is 0. The molecule has 0 radical (unpaired) electrons. The maximum Gasteiger partial charge on any atom is 0.234 e. The van der Waals surface area contributed by atoms with Crippen molar-refractivity contribution in [2.45, 2.75) is 32.4 Å². The molecule has 1 aliphatic rings. The van der Waals surface area contributed by atoms with E-state index >= 15 is 0 Å². The number of nitrogens with one attached hydrogen (secondary N) is 1. The van der Waals surface area contributed by atoms with Crippen molar-refractivity contribution in [1.82, 2.24) is 10.2 Å². The van der Waals surface area contributed by atoms with Gasteiger partial charge in [0.15, 0.2) is 0 Å². The summed E-state index contributed by atoms with van der Waals surface area (Å²) in [6.07, 6.45) is 0.717. The normalized spacial score (nSPS) is 22.1. The summed E-state index contributed by atoms with van der Waals surface area (Å²) < 4.78 is 0. The summed E-state index contributed by atoms with van der Waals surface area (Å²) in [5.74, 6) is 2.50. The predicted molar refractivity (Wildman–Crippen MR) is 72.2 cm³/mol. The largest absolute Gasteiger partial charge is 0.391 e. The van der Waals surface area contributed by atoms with Gasteiger partial charge in [0.2, 0.25) is 5.91 Å². The van der Waals surface area contributed by atoms with Gasteiger partial charge in [-0.25, -0.2) is 0 Å². The molecule has 2 atom stereocenters. The van der Waals surface area contributed by atoms with Gasteiger partial charge in [0.25, 0.3) is 0 Å². The van der Waals surface area contributed by atoms with Crippen LogP contribution < -0.4 is 5.32 Å². The van der Waals surface area contributed by atoms with Gasteiger partial charge in [0.05, 0.1) is 12.6 Å². The van der Waals surface area contributed by atoms with Gasteiger partial charge in [-0.1, -0.05) is 13.8 Å². The van der Waals surface area contributed by atoms with Gasteiger partial charge in [-0.2, -0.15) is 11.8 Å². The minimum absolute atomic E-state index is 0.00380. The molecule has 0 aliphatic carbocycles. The molecule has 2 unspecified atom stereocenters. The van der Waals surface area contributed by atoms with Crippen LogP contribution in [0.25, 0.3) is 0 Å². The average Bonchev–Trinajstić information content (AvgIpc) is 2.78. The molecule has 17 heavy (non-hydrogen) atoms. The Hall–Kier alpha value is -0.260. The maximum absolute atomic E-state index is 11.7. The zero-order chi connectivity index (χ0) is 12.8. The van der Waals surface area contributed by atoms with Crippen LogP contribution in [0, 0.1) is 5.92 Å². The molecule has 0 bridgehead atoms. The van der Waals surface area contributed by atoms with E-state index < -0.39 is 6.10 Å². The number of hydrogen-bond acceptors (Lipinski definition) is 4. The van der Waals surface area contributed by atoms with E-state index in [1.807, 2.05) is 32.7 Å². The minimum atomic E-state index is -0.453. The zero-order valence-electron chi connectivity index (χ0n) is 11.0. The molecule has 1 amide bonds. The Morgan fingerprint density at radius 1 is 1.59 bits per heavy atom. The summed E-state index contributed by atoms with van der Waals surface area (Å²) in [7, 11) is 2.00. The fourth-order valence-electron chi connectivity index (χ4n) is 1.74. The van der Waals surface area contributed by atoms with E-state index in [0.29, 0.717) is 19.1 Å². The molecule has 1 saturated heterocycles. The molecule has 0 saturated carbocycles. The second-order valence-electron chi connectivity index (χ2n) is 5.05. The standard InChI is InChI=1S/C12H24N2O2S/c1-9(2)11(15)6-13-12(16)7-14(3)10-4-5-17-8-10/h9-11,15H,4-8H2,1-3H3,(H,13,16). The van der Waals surface area contributed by atoms with Crippen LogP contribution in [0.15, 0.2) is 0 Å². The van der Waals surface area contributed by atoms with Gasteiger partial charge in [0, 0.05) is 18.3 Å². The van der Waals surface area contributed by atoms with E-state index in [0.717, 1.165) is 5.75 Å². The maximum atomic E-state index is 11.7. The molecule has 100 valence electrons. The van der Waals surface area contributed by atoms with Crippen LogP contribution in [0.1, 0.15) is 20.3 Å². The second-order valence-corrected chi connectivity index (χ2v) is 6.20. The molecule has 1 rings (SSSR count). The number of carbonyl (C=O) groups excluding carboxylic acids is 1. The molecule has 1 fully saturated rings. The quantitative estimate of drug-likeness (QED) is 0.732. The van der Waals surface area contributed by atoms with Gasteiger partial charge >= 0.3 is 0 Å². The van der Waals surface area contributed by atoms with Gasteiger partial charge in [-0.15, -0.1) is 0 Å². The lowest BCUT2D eigenvalue weighted by Gasteiger charge is -2.23. The lowest BCUT2D eigenvalue weighted by Crippen LogP contribution is -2.43. The first-order chi connectivity index (χ1) is 8.00. The van der Waals surface area contributed by atoms with Gasteiger partial charge < -0.3 is 10.4 Å². The summed E-state index contributed by atoms with van der Waals surface area (Å²) in [5, 5.41) is 12.4. The van der Waals surface area contributed by atoms with Crippen LogP contribution in [0.5, 0.6) is 0 Å². The van der Waals surface area contributed by atoms with Crippen LogP contribution in [0.2, 0.25) is 0 Å². The summed E-state index contributed by atoms with van der Waals surface area (Å²) in [6, 6.07) is 0.528. The highest BCUT2D eigenvalue weighted by Crippen LogP contribution is 2.20. The smallest absolute Gasteiger partial charge is 0.234 e. The minimum Gasteiger partial charge on any atom is -0.391 e. The lowest BCUT2D eigenvalue weighted by atomic mass is 10.1. The van der Waals surface area contributed by atoms with Crippen molar-refractivity contribution in [3.63, 3.8) is 0 Å². The van der Waals surface area contributed by atoms with E-state index in [-0.39, 0.29) is 11.8 Å². The molecule has 1 aliphatic heterocycles. The highest BCUT2D eigenvalue weighted by molar-refractivity contribution is 7.99. The molecule has 1 heterocycles. The lowest BCUT2D eigenvalue weighted by molar-refractivity contribution is -0.122. The number of hydrogen-bond donors (Lipinski definition) is 2. The number of aliphatic hydroxyl groups is 1. The zero-order valence-corrected chi connectivity index (χ0v) is 11.8. The number of amides is 1. The Morgan fingerprint density at radius 2 is 2.29 bits per heavy atom. The molecule has 5 heteroatoms.